The van der Waals surface area contributed by atoms with Gasteiger partial charge in [0, 0.05) is 38.4 Å². The number of hydrogen-bond acceptors (Lipinski definition) is 5. The first-order valence-corrected chi connectivity index (χ1v) is 8.85. The number of pyridine rings is 1. The van der Waals surface area contributed by atoms with E-state index in [4.69, 9.17) is 9.47 Å². The fourth-order valence-corrected chi connectivity index (χ4v) is 2.72. The molecule has 1 fully saturated rings. The number of carbonyl (C=O) groups is 1. The summed E-state index contributed by atoms with van der Waals surface area (Å²) in [7, 11) is 0. The van der Waals surface area contributed by atoms with Gasteiger partial charge in [0.25, 0.3) is 0 Å². The Hall–Kier alpha value is -2.81. The van der Waals surface area contributed by atoms with Gasteiger partial charge in [0.05, 0.1) is 5.56 Å². The van der Waals surface area contributed by atoms with Gasteiger partial charge in [0.1, 0.15) is 11.5 Å². The second kappa shape index (κ2) is 8.47. The predicted molar refractivity (Wildman–Crippen MR) is 95.5 cm³/mol. The molecule has 2 heterocycles. The van der Waals surface area contributed by atoms with Crippen molar-refractivity contribution in [2.75, 3.05) is 32.7 Å². The third-order valence-corrected chi connectivity index (χ3v) is 4.39. The van der Waals surface area contributed by atoms with E-state index in [-0.39, 0.29) is 5.88 Å². The summed E-state index contributed by atoms with van der Waals surface area (Å²) < 4.78 is 48.4. The Balaban J connectivity index is 1.54. The van der Waals surface area contributed by atoms with Crippen molar-refractivity contribution in [3.63, 3.8) is 0 Å². The molecule has 150 valence electrons. The minimum atomic E-state index is -4.44. The number of nitrogens with zero attached hydrogens (tertiary/aromatic N) is 3. The van der Waals surface area contributed by atoms with Crippen molar-refractivity contribution in [1.82, 2.24) is 14.8 Å². The lowest BCUT2D eigenvalue weighted by Gasteiger charge is -2.33. The maximum atomic E-state index is 12.5. The molecule has 2 aromatic rings. The Kier molecular flexibility index (Phi) is 6.03. The average Bonchev–Trinajstić information content (AvgIpc) is 2.69. The molecule has 0 unspecified atom stereocenters. The highest BCUT2D eigenvalue weighted by molar-refractivity contribution is 5.70. The number of carbonyl (C=O) groups excluding carboxylic acids is 1. The summed E-state index contributed by atoms with van der Waals surface area (Å²) in [6.07, 6.45) is -4.14. The average molecular weight is 395 g/mol. The molecule has 1 saturated heterocycles. The van der Waals surface area contributed by atoms with Crippen LogP contribution in [0.3, 0.4) is 0 Å². The SMILES string of the molecule is CCN1CCN(C(=O)Oc2ccc(Oc3ccc(C(F)(F)F)cn3)cc2)CC1. The second-order valence-corrected chi connectivity index (χ2v) is 6.25. The third kappa shape index (κ3) is 5.13. The number of benzene rings is 1. The molecule has 0 atom stereocenters. The number of aromatic nitrogens is 1. The summed E-state index contributed by atoms with van der Waals surface area (Å²) in [5, 5.41) is 0. The Morgan fingerprint density at radius 3 is 2.21 bits per heavy atom. The van der Waals surface area contributed by atoms with E-state index in [9.17, 15) is 18.0 Å². The second-order valence-electron chi connectivity index (χ2n) is 6.25. The maximum absolute atomic E-state index is 12.5. The Morgan fingerprint density at radius 1 is 1.04 bits per heavy atom. The molecule has 0 saturated carbocycles. The van der Waals surface area contributed by atoms with Crippen LogP contribution in [0, 0.1) is 0 Å². The zero-order valence-electron chi connectivity index (χ0n) is 15.3. The summed E-state index contributed by atoms with van der Waals surface area (Å²) >= 11 is 0. The summed E-state index contributed by atoms with van der Waals surface area (Å²) in [6, 6.07) is 8.26. The van der Waals surface area contributed by atoms with E-state index in [2.05, 4.69) is 16.8 Å². The van der Waals surface area contributed by atoms with Crippen LogP contribution in [0.5, 0.6) is 17.4 Å². The molecule has 1 aliphatic rings. The van der Waals surface area contributed by atoms with Gasteiger partial charge in [0.2, 0.25) is 5.88 Å². The largest absolute Gasteiger partial charge is 0.439 e. The topological polar surface area (TPSA) is 54.9 Å². The monoisotopic (exact) mass is 395 g/mol. The van der Waals surface area contributed by atoms with Gasteiger partial charge in [-0.3, -0.25) is 0 Å². The van der Waals surface area contributed by atoms with Gasteiger partial charge in [-0.05, 0) is 36.9 Å². The van der Waals surface area contributed by atoms with Gasteiger partial charge in [0.15, 0.2) is 0 Å². The highest BCUT2D eigenvalue weighted by Crippen LogP contribution is 2.30. The number of ether oxygens (including phenoxy) is 2. The highest BCUT2D eigenvalue weighted by Gasteiger charge is 2.30. The van der Waals surface area contributed by atoms with Crippen LogP contribution in [0.4, 0.5) is 18.0 Å². The molecule has 0 N–H and O–H groups in total. The number of halogens is 3. The van der Waals surface area contributed by atoms with Crippen molar-refractivity contribution in [1.29, 1.82) is 0 Å². The number of amides is 1. The third-order valence-electron chi connectivity index (χ3n) is 4.39. The van der Waals surface area contributed by atoms with Crippen molar-refractivity contribution in [3.8, 4) is 17.4 Å². The molecule has 9 heteroatoms. The number of alkyl halides is 3. The van der Waals surface area contributed by atoms with E-state index in [1.165, 1.54) is 0 Å². The summed E-state index contributed by atoms with van der Waals surface area (Å²) in [5.74, 6) is 0.755. The van der Waals surface area contributed by atoms with E-state index in [1.807, 2.05) is 0 Å². The van der Waals surface area contributed by atoms with Crippen molar-refractivity contribution >= 4 is 6.09 Å². The summed E-state index contributed by atoms with van der Waals surface area (Å²) in [4.78, 5) is 19.8. The molecule has 1 amide bonds. The molecule has 3 rings (SSSR count). The fourth-order valence-electron chi connectivity index (χ4n) is 2.72. The summed E-state index contributed by atoms with van der Waals surface area (Å²) in [5.41, 5.74) is -0.845. The lowest BCUT2D eigenvalue weighted by Crippen LogP contribution is -2.49. The first-order valence-electron chi connectivity index (χ1n) is 8.85. The molecule has 1 aliphatic heterocycles. The van der Waals surface area contributed by atoms with Crippen LogP contribution in [0.2, 0.25) is 0 Å². The van der Waals surface area contributed by atoms with Crippen LogP contribution in [0.25, 0.3) is 0 Å². The molecule has 0 bridgehead atoms. The van der Waals surface area contributed by atoms with Gasteiger partial charge in [-0.15, -0.1) is 0 Å². The maximum Gasteiger partial charge on any atom is 0.417 e. The van der Waals surface area contributed by atoms with E-state index >= 15 is 0 Å². The molecular weight excluding hydrogens is 375 g/mol. The zero-order valence-corrected chi connectivity index (χ0v) is 15.3. The van der Waals surface area contributed by atoms with E-state index in [0.717, 1.165) is 31.8 Å². The van der Waals surface area contributed by atoms with Crippen molar-refractivity contribution in [3.05, 3.63) is 48.2 Å². The molecule has 6 nitrogen and oxygen atoms in total. The summed E-state index contributed by atoms with van der Waals surface area (Å²) in [6.45, 7) is 5.91. The van der Waals surface area contributed by atoms with Gasteiger partial charge in [-0.25, -0.2) is 9.78 Å². The number of hydrogen-bond donors (Lipinski definition) is 0. The van der Waals surface area contributed by atoms with Crippen LogP contribution in [-0.2, 0) is 6.18 Å². The van der Waals surface area contributed by atoms with Crippen molar-refractivity contribution in [2.24, 2.45) is 0 Å². The number of rotatable bonds is 4. The van der Waals surface area contributed by atoms with Crippen LogP contribution in [0.15, 0.2) is 42.6 Å². The van der Waals surface area contributed by atoms with Crippen LogP contribution >= 0.6 is 0 Å². The molecule has 0 radical (unpaired) electrons. The van der Waals surface area contributed by atoms with Crippen LogP contribution in [-0.4, -0.2) is 53.6 Å². The van der Waals surface area contributed by atoms with Crippen LogP contribution < -0.4 is 9.47 Å². The number of piperazine rings is 1. The lowest BCUT2D eigenvalue weighted by atomic mass is 10.3. The fraction of sp³-hybridized carbons (Fsp3) is 0.368. The van der Waals surface area contributed by atoms with Gasteiger partial charge in [-0.1, -0.05) is 6.92 Å². The first kappa shape index (κ1) is 19.9. The molecular formula is C19H20F3N3O3. The molecule has 0 aliphatic carbocycles. The van der Waals surface area contributed by atoms with Gasteiger partial charge >= 0.3 is 12.3 Å². The van der Waals surface area contributed by atoms with Crippen molar-refractivity contribution < 1.29 is 27.4 Å². The minimum absolute atomic E-state index is 0.0338. The number of likely N-dealkylation sites (N-methyl/N-ethyl adjacent to an activating group) is 1. The molecule has 1 aromatic carbocycles. The van der Waals surface area contributed by atoms with Gasteiger partial charge in [-0.2, -0.15) is 13.2 Å². The first-order chi connectivity index (χ1) is 13.3. The zero-order chi connectivity index (χ0) is 20.1. The minimum Gasteiger partial charge on any atom is -0.439 e. The Morgan fingerprint density at radius 2 is 1.68 bits per heavy atom. The van der Waals surface area contributed by atoms with E-state index in [1.54, 1.807) is 29.2 Å². The van der Waals surface area contributed by atoms with Crippen LogP contribution in [0.1, 0.15) is 12.5 Å². The van der Waals surface area contributed by atoms with Gasteiger partial charge < -0.3 is 19.3 Å². The Bertz CT molecular complexity index is 787. The standard InChI is InChI=1S/C19H20F3N3O3/c1-2-24-9-11-25(12-10-24)18(26)28-16-6-4-15(5-7-16)27-17-8-3-14(13-23-17)19(20,21)22/h3-8,13H,2,9-12H2,1H3. The Labute approximate surface area is 160 Å². The predicted octanol–water partition coefficient (Wildman–Crippen LogP) is 4.03. The smallest absolute Gasteiger partial charge is 0.417 e. The van der Waals surface area contributed by atoms with E-state index in [0.29, 0.717) is 30.8 Å². The van der Waals surface area contributed by atoms with E-state index < -0.39 is 17.8 Å². The van der Waals surface area contributed by atoms with Crippen molar-refractivity contribution in [2.45, 2.75) is 13.1 Å². The lowest BCUT2D eigenvalue weighted by molar-refractivity contribution is -0.137. The quantitative estimate of drug-likeness (QED) is 0.783. The normalized spacial score (nSPS) is 15.4. The highest BCUT2D eigenvalue weighted by atomic mass is 19.4. The molecule has 1 aromatic heterocycles. The molecule has 28 heavy (non-hydrogen) atoms. The molecule has 0 spiro atoms.